The van der Waals surface area contributed by atoms with E-state index in [1.54, 1.807) is 0 Å². The van der Waals surface area contributed by atoms with Crippen molar-refractivity contribution in [1.82, 2.24) is 24.9 Å². The van der Waals surface area contributed by atoms with E-state index in [2.05, 4.69) is 40.1 Å². The summed E-state index contributed by atoms with van der Waals surface area (Å²) in [7, 11) is 0. The minimum Gasteiger partial charge on any atom is -0.379 e. The Kier molecular flexibility index (Phi) is 6.80. The standard InChI is InChI=1S/C23H39N5O2/c1-4-26-9-6-20-16-21(27-11-13-30-14-12-27)5-7-23(20,17-26)22(29)24-8-10-28-19(3)15-18(2)25-28/h15,20-21H,4-14,16-17H2,1-3H3,(H,24,29)/t20-,21+,23-/m1/s1. The van der Waals surface area contributed by atoms with Crippen molar-refractivity contribution in [2.24, 2.45) is 11.3 Å². The molecule has 1 N–H and O–H groups in total. The number of carbonyl (C=O) groups excluding carboxylic acids is 1. The number of hydrogen-bond donors (Lipinski definition) is 1. The number of likely N-dealkylation sites (tertiary alicyclic amines) is 1. The van der Waals surface area contributed by atoms with Crippen LogP contribution in [0.2, 0.25) is 0 Å². The zero-order valence-corrected chi connectivity index (χ0v) is 19.0. The van der Waals surface area contributed by atoms with Gasteiger partial charge in [-0.2, -0.15) is 5.10 Å². The van der Waals surface area contributed by atoms with Crippen LogP contribution < -0.4 is 5.32 Å². The summed E-state index contributed by atoms with van der Waals surface area (Å²) in [5, 5.41) is 7.83. The van der Waals surface area contributed by atoms with Gasteiger partial charge in [0.1, 0.15) is 0 Å². The molecule has 0 spiro atoms. The number of rotatable bonds is 6. The van der Waals surface area contributed by atoms with E-state index in [1.165, 1.54) is 0 Å². The highest BCUT2D eigenvalue weighted by atomic mass is 16.5. The molecule has 0 unspecified atom stereocenters. The molecule has 168 valence electrons. The molecule has 1 saturated carbocycles. The first kappa shape index (κ1) is 21.8. The molecule has 1 aliphatic carbocycles. The van der Waals surface area contributed by atoms with Gasteiger partial charge in [0.15, 0.2) is 0 Å². The van der Waals surface area contributed by atoms with Gasteiger partial charge in [-0.25, -0.2) is 0 Å². The van der Waals surface area contributed by atoms with E-state index in [4.69, 9.17) is 4.74 Å². The summed E-state index contributed by atoms with van der Waals surface area (Å²) in [6, 6.07) is 2.70. The fraction of sp³-hybridized carbons (Fsp3) is 0.826. The van der Waals surface area contributed by atoms with Crippen molar-refractivity contribution in [1.29, 1.82) is 0 Å². The Balaban J connectivity index is 1.41. The molecule has 4 rings (SSSR count). The molecule has 1 aromatic heterocycles. The topological polar surface area (TPSA) is 62.6 Å². The molecule has 0 aromatic carbocycles. The lowest BCUT2D eigenvalue weighted by Gasteiger charge is -2.53. The van der Waals surface area contributed by atoms with Crippen molar-refractivity contribution >= 4 is 5.91 Å². The lowest BCUT2D eigenvalue weighted by atomic mass is 9.61. The summed E-state index contributed by atoms with van der Waals surface area (Å²) in [6.07, 6.45) is 4.42. The fourth-order valence-corrected chi connectivity index (χ4v) is 5.99. The van der Waals surface area contributed by atoms with E-state index in [-0.39, 0.29) is 11.3 Å². The first-order valence-electron chi connectivity index (χ1n) is 11.9. The normalized spacial score (nSPS) is 30.8. The highest BCUT2D eigenvalue weighted by Gasteiger charge is 2.52. The molecular formula is C23H39N5O2. The number of nitrogens with zero attached hydrogens (tertiary/aromatic N) is 4. The number of ether oxygens (including phenoxy) is 1. The van der Waals surface area contributed by atoms with Crippen molar-refractivity contribution < 1.29 is 9.53 Å². The molecule has 0 bridgehead atoms. The summed E-state index contributed by atoms with van der Waals surface area (Å²) < 4.78 is 7.55. The minimum atomic E-state index is -0.230. The second-order valence-electron chi connectivity index (χ2n) is 9.49. The molecule has 3 atom stereocenters. The Bertz CT molecular complexity index is 729. The molecule has 1 aromatic rings. The van der Waals surface area contributed by atoms with Crippen LogP contribution in [-0.2, 0) is 16.1 Å². The van der Waals surface area contributed by atoms with Crippen molar-refractivity contribution in [3.05, 3.63) is 17.5 Å². The Morgan fingerprint density at radius 1 is 1.27 bits per heavy atom. The highest BCUT2D eigenvalue weighted by molar-refractivity contribution is 5.83. The zero-order chi connectivity index (χ0) is 21.1. The molecule has 7 nitrogen and oxygen atoms in total. The Morgan fingerprint density at radius 3 is 2.77 bits per heavy atom. The van der Waals surface area contributed by atoms with Crippen LogP contribution in [0.1, 0.15) is 44.0 Å². The van der Waals surface area contributed by atoms with Crippen LogP contribution in [0.15, 0.2) is 6.07 Å². The van der Waals surface area contributed by atoms with Crippen LogP contribution in [0.5, 0.6) is 0 Å². The number of piperidine rings is 1. The number of amides is 1. The summed E-state index contributed by atoms with van der Waals surface area (Å²) in [5.41, 5.74) is 1.95. The lowest BCUT2D eigenvalue weighted by Crippen LogP contribution is -2.61. The third-order valence-corrected chi connectivity index (χ3v) is 7.74. The lowest BCUT2D eigenvalue weighted by molar-refractivity contribution is -0.145. The van der Waals surface area contributed by atoms with E-state index < -0.39 is 0 Å². The molecule has 7 heteroatoms. The Morgan fingerprint density at radius 2 is 2.07 bits per heavy atom. The van der Waals surface area contributed by atoms with Gasteiger partial charge >= 0.3 is 0 Å². The van der Waals surface area contributed by atoms with Gasteiger partial charge in [-0.15, -0.1) is 0 Å². The van der Waals surface area contributed by atoms with Crippen LogP contribution in [0.25, 0.3) is 0 Å². The molecule has 1 amide bonds. The van der Waals surface area contributed by atoms with Gasteiger partial charge < -0.3 is 15.0 Å². The molecule has 30 heavy (non-hydrogen) atoms. The minimum absolute atomic E-state index is 0.230. The van der Waals surface area contributed by atoms with E-state index in [0.29, 0.717) is 18.5 Å². The molecule has 3 fully saturated rings. The SMILES string of the molecule is CCN1CC[C@@H]2C[C@@H](N3CCOCC3)CC[C@@]2(C(=O)NCCn2nc(C)cc2C)C1. The Hall–Kier alpha value is -1.44. The predicted octanol–water partition coefficient (Wildman–Crippen LogP) is 1.83. The van der Waals surface area contributed by atoms with Gasteiger partial charge in [-0.05, 0) is 64.6 Å². The summed E-state index contributed by atoms with van der Waals surface area (Å²) in [6.45, 7) is 14.5. The van der Waals surface area contributed by atoms with E-state index in [9.17, 15) is 4.79 Å². The second kappa shape index (κ2) is 9.37. The third-order valence-electron chi connectivity index (χ3n) is 7.74. The number of carbonyl (C=O) groups is 1. The van der Waals surface area contributed by atoms with E-state index in [0.717, 1.165) is 89.6 Å². The maximum absolute atomic E-state index is 13.6. The smallest absolute Gasteiger partial charge is 0.227 e. The molecule has 2 saturated heterocycles. The number of hydrogen-bond acceptors (Lipinski definition) is 5. The highest BCUT2D eigenvalue weighted by Crippen LogP contribution is 2.47. The van der Waals surface area contributed by atoms with Gasteiger partial charge in [-0.3, -0.25) is 14.4 Å². The second-order valence-corrected chi connectivity index (χ2v) is 9.49. The number of morpholine rings is 1. The van der Waals surface area contributed by atoms with Crippen LogP contribution in [0, 0.1) is 25.2 Å². The summed E-state index contributed by atoms with van der Waals surface area (Å²) in [4.78, 5) is 18.7. The average molecular weight is 418 g/mol. The average Bonchev–Trinajstić information content (AvgIpc) is 3.10. The Labute approximate surface area is 181 Å². The van der Waals surface area contributed by atoms with Crippen LogP contribution in [-0.4, -0.2) is 84.0 Å². The number of fused-ring (bicyclic) bond motifs is 1. The quantitative estimate of drug-likeness (QED) is 0.765. The van der Waals surface area contributed by atoms with Crippen LogP contribution in [0.4, 0.5) is 0 Å². The molecule has 2 aliphatic heterocycles. The molecule has 3 heterocycles. The van der Waals surface area contributed by atoms with Crippen LogP contribution in [0.3, 0.4) is 0 Å². The van der Waals surface area contributed by atoms with Gasteiger partial charge in [0.25, 0.3) is 0 Å². The predicted molar refractivity (Wildman–Crippen MR) is 117 cm³/mol. The first-order valence-corrected chi connectivity index (χ1v) is 11.9. The van der Waals surface area contributed by atoms with Gasteiger partial charge in [0.05, 0.1) is 30.9 Å². The summed E-state index contributed by atoms with van der Waals surface area (Å²) in [5.74, 6) is 0.753. The van der Waals surface area contributed by atoms with Gasteiger partial charge in [-0.1, -0.05) is 6.92 Å². The van der Waals surface area contributed by atoms with Gasteiger partial charge in [0, 0.05) is 37.9 Å². The summed E-state index contributed by atoms with van der Waals surface area (Å²) >= 11 is 0. The fourth-order valence-electron chi connectivity index (χ4n) is 5.99. The van der Waals surface area contributed by atoms with Crippen molar-refractivity contribution in [3.8, 4) is 0 Å². The van der Waals surface area contributed by atoms with Crippen molar-refractivity contribution in [2.45, 2.75) is 59.0 Å². The van der Waals surface area contributed by atoms with E-state index >= 15 is 0 Å². The monoisotopic (exact) mass is 417 g/mol. The largest absolute Gasteiger partial charge is 0.379 e. The first-order chi connectivity index (χ1) is 14.5. The third kappa shape index (κ3) is 4.43. The zero-order valence-electron chi connectivity index (χ0n) is 19.0. The van der Waals surface area contributed by atoms with Crippen LogP contribution >= 0.6 is 0 Å². The van der Waals surface area contributed by atoms with Crippen molar-refractivity contribution in [3.63, 3.8) is 0 Å². The number of aryl methyl sites for hydroxylation is 2. The van der Waals surface area contributed by atoms with E-state index in [1.807, 2.05) is 11.6 Å². The number of nitrogens with one attached hydrogen (secondary N) is 1. The molecule has 0 radical (unpaired) electrons. The molecule has 3 aliphatic rings. The molecular weight excluding hydrogens is 378 g/mol. The van der Waals surface area contributed by atoms with Gasteiger partial charge in [0.2, 0.25) is 5.91 Å². The maximum atomic E-state index is 13.6. The number of aromatic nitrogens is 2. The maximum Gasteiger partial charge on any atom is 0.227 e. The van der Waals surface area contributed by atoms with Crippen molar-refractivity contribution in [2.75, 3.05) is 52.5 Å².